The Bertz CT molecular complexity index is 631. The number of carbonyl (C=O) groups is 2. The van der Waals surface area contributed by atoms with Crippen LogP contribution in [0.1, 0.15) is 32.1 Å². The van der Waals surface area contributed by atoms with Crippen molar-refractivity contribution in [2.45, 2.75) is 26.3 Å². The van der Waals surface area contributed by atoms with E-state index in [1.807, 2.05) is 31.2 Å². The van der Waals surface area contributed by atoms with Crippen LogP contribution in [0.2, 0.25) is 0 Å². The highest BCUT2D eigenvalue weighted by Gasteiger charge is 2.08. The minimum absolute atomic E-state index is 0.0270. The van der Waals surface area contributed by atoms with Gasteiger partial charge in [0, 0.05) is 11.3 Å². The lowest BCUT2D eigenvalue weighted by atomic mass is 10.1. The van der Waals surface area contributed by atoms with E-state index in [1.165, 1.54) is 16.9 Å². The Labute approximate surface area is 127 Å². The second kappa shape index (κ2) is 7.04. The number of carboxylic acids is 1. The molecule has 0 fully saturated rings. The molecule has 0 aliphatic rings. The van der Waals surface area contributed by atoms with Crippen LogP contribution in [-0.4, -0.2) is 17.0 Å². The maximum absolute atomic E-state index is 11.8. The van der Waals surface area contributed by atoms with Crippen molar-refractivity contribution < 1.29 is 14.7 Å². The Morgan fingerprint density at radius 2 is 1.86 bits per heavy atom. The molecule has 1 heterocycles. The van der Waals surface area contributed by atoms with E-state index in [9.17, 15) is 9.59 Å². The topological polar surface area (TPSA) is 66.4 Å². The average molecular weight is 303 g/mol. The molecule has 0 atom stereocenters. The summed E-state index contributed by atoms with van der Waals surface area (Å²) in [6.07, 6.45) is 1.14. The molecule has 21 heavy (non-hydrogen) atoms. The van der Waals surface area contributed by atoms with Crippen molar-refractivity contribution >= 4 is 23.2 Å². The molecule has 1 amide bonds. The lowest BCUT2D eigenvalue weighted by molar-refractivity contribution is -0.121. The fourth-order valence-corrected chi connectivity index (χ4v) is 2.66. The molecule has 110 valence electrons. The van der Waals surface area contributed by atoms with Crippen LogP contribution in [0.4, 0.5) is 0 Å². The second-order valence-corrected chi connectivity index (χ2v) is 6.00. The average Bonchev–Trinajstić information content (AvgIpc) is 2.93. The highest BCUT2D eigenvalue weighted by atomic mass is 32.1. The molecule has 0 saturated heterocycles. The van der Waals surface area contributed by atoms with Gasteiger partial charge in [-0.25, -0.2) is 4.79 Å². The first kappa shape index (κ1) is 15.3. The number of thiophene rings is 1. The molecule has 0 radical (unpaired) electrons. The van der Waals surface area contributed by atoms with Crippen molar-refractivity contribution in [2.75, 3.05) is 0 Å². The first-order valence-electron chi connectivity index (χ1n) is 6.69. The van der Waals surface area contributed by atoms with Crippen LogP contribution in [0.15, 0.2) is 36.4 Å². The van der Waals surface area contributed by atoms with E-state index in [2.05, 4.69) is 5.32 Å². The van der Waals surface area contributed by atoms with Crippen molar-refractivity contribution in [3.63, 3.8) is 0 Å². The normalized spacial score (nSPS) is 10.3. The Morgan fingerprint density at radius 1 is 1.14 bits per heavy atom. The Kier molecular flexibility index (Phi) is 5.11. The molecule has 0 spiro atoms. The lowest BCUT2D eigenvalue weighted by Gasteiger charge is -2.04. The SMILES string of the molecule is Cc1ccc(CCC(=O)NCc2ccc(C(=O)O)s2)cc1. The van der Waals surface area contributed by atoms with Crippen molar-refractivity contribution in [1.29, 1.82) is 0 Å². The largest absolute Gasteiger partial charge is 0.477 e. The molecule has 0 aliphatic carbocycles. The summed E-state index contributed by atoms with van der Waals surface area (Å²) in [5.41, 5.74) is 2.34. The summed E-state index contributed by atoms with van der Waals surface area (Å²) >= 11 is 1.18. The van der Waals surface area contributed by atoms with Gasteiger partial charge in [-0.05, 0) is 31.0 Å². The van der Waals surface area contributed by atoms with Crippen molar-refractivity contribution in [2.24, 2.45) is 0 Å². The maximum atomic E-state index is 11.8. The minimum Gasteiger partial charge on any atom is -0.477 e. The lowest BCUT2D eigenvalue weighted by Crippen LogP contribution is -2.22. The van der Waals surface area contributed by atoms with Crippen LogP contribution in [0, 0.1) is 6.92 Å². The van der Waals surface area contributed by atoms with Crippen LogP contribution < -0.4 is 5.32 Å². The van der Waals surface area contributed by atoms with Gasteiger partial charge >= 0.3 is 5.97 Å². The monoisotopic (exact) mass is 303 g/mol. The van der Waals surface area contributed by atoms with E-state index in [1.54, 1.807) is 12.1 Å². The van der Waals surface area contributed by atoms with Gasteiger partial charge in [-0.3, -0.25) is 4.79 Å². The van der Waals surface area contributed by atoms with E-state index in [4.69, 9.17) is 5.11 Å². The number of aryl methyl sites for hydroxylation is 2. The summed E-state index contributed by atoms with van der Waals surface area (Å²) in [4.78, 5) is 23.7. The zero-order chi connectivity index (χ0) is 15.2. The third-order valence-electron chi connectivity index (χ3n) is 3.09. The number of amides is 1. The molecule has 0 aliphatic heterocycles. The maximum Gasteiger partial charge on any atom is 0.345 e. The van der Waals surface area contributed by atoms with Crippen molar-refractivity contribution in [3.05, 3.63) is 57.3 Å². The predicted molar refractivity (Wildman–Crippen MR) is 82.6 cm³/mol. The standard InChI is InChI=1S/C16H17NO3S/c1-11-2-4-12(5-3-11)6-9-15(18)17-10-13-7-8-14(21-13)16(19)20/h2-5,7-8H,6,9-10H2,1H3,(H,17,18)(H,19,20). The molecule has 2 aromatic rings. The summed E-state index contributed by atoms with van der Waals surface area (Å²) in [6, 6.07) is 11.4. The number of carbonyl (C=O) groups excluding carboxylic acids is 1. The second-order valence-electron chi connectivity index (χ2n) is 4.83. The van der Waals surface area contributed by atoms with E-state index >= 15 is 0 Å². The summed E-state index contributed by atoms with van der Waals surface area (Å²) < 4.78 is 0. The fraction of sp³-hybridized carbons (Fsp3) is 0.250. The van der Waals surface area contributed by atoms with E-state index in [-0.39, 0.29) is 5.91 Å². The summed E-state index contributed by atoms with van der Waals surface area (Å²) in [6.45, 7) is 2.41. The molecule has 0 bridgehead atoms. The summed E-state index contributed by atoms with van der Waals surface area (Å²) in [5, 5.41) is 11.6. The number of hydrogen-bond donors (Lipinski definition) is 2. The number of benzene rings is 1. The Balaban J connectivity index is 1.76. The third-order valence-corrected chi connectivity index (χ3v) is 4.17. The van der Waals surface area contributed by atoms with Gasteiger partial charge in [0.15, 0.2) is 0 Å². The van der Waals surface area contributed by atoms with E-state index in [0.29, 0.717) is 24.3 Å². The smallest absolute Gasteiger partial charge is 0.345 e. The number of rotatable bonds is 6. The van der Waals surface area contributed by atoms with Crippen molar-refractivity contribution in [1.82, 2.24) is 5.32 Å². The number of hydrogen-bond acceptors (Lipinski definition) is 3. The highest BCUT2D eigenvalue weighted by molar-refractivity contribution is 7.13. The molecule has 0 unspecified atom stereocenters. The highest BCUT2D eigenvalue weighted by Crippen LogP contribution is 2.16. The van der Waals surface area contributed by atoms with Gasteiger partial charge in [0.1, 0.15) is 4.88 Å². The minimum atomic E-state index is -0.933. The molecule has 5 heteroatoms. The molecule has 0 saturated carbocycles. The van der Waals surface area contributed by atoms with Gasteiger partial charge in [0.05, 0.1) is 6.54 Å². The zero-order valence-electron chi connectivity index (χ0n) is 11.8. The van der Waals surface area contributed by atoms with Gasteiger partial charge in [-0.2, -0.15) is 0 Å². The predicted octanol–water partition coefficient (Wildman–Crippen LogP) is 3.00. The molecular weight excluding hydrogens is 286 g/mol. The van der Waals surface area contributed by atoms with Crippen molar-refractivity contribution in [3.8, 4) is 0 Å². The number of aromatic carboxylic acids is 1. The van der Waals surface area contributed by atoms with Crippen LogP contribution in [0.25, 0.3) is 0 Å². The first-order valence-corrected chi connectivity index (χ1v) is 7.50. The summed E-state index contributed by atoms with van der Waals surface area (Å²) in [7, 11) is 0. The zero-order valence-corrected chi connectivity index (χ0v) is 12.6. The van der Waals surface area contributed by atoms with Gasteiger partial charge in [0.2, 0.25) is 5.91 Å². The fourth-order valence-electron chi connectivity index (χ4n) is 1.87. The third kappa shape index (κ3) is 4.72. The van der Waals surface area contributed by atoms with E-state index in [0.717, 1.165) is 10.4 Å². The summed E-state index contributed by atoms with van der Waals surface area (Å²) in [5.74, 6) is -0.960. The number of carboxylic acid groups (broad SMARTS) is 1. The van der Waals surface area contributed by atoms with Gasteiger partial charge in [-0.1, -0.05) is 29.8 Å². The van der Waals surface area contributed by atoms with Gasteiger partial charge in [-0.15, -0.1) is 11.3 Å². The Hall–Kier alpha value is -2.14. The van der Waals surface area contributed by atoms with Crippen LogP contribution in [0.3, 0.4) is 0 Å². The first-order chi connectivity index (χ1) is 10.0. The molecule has 1 aromatic heterocycles. The molecular formula is C16H17NO3S. The van der Waals surface area contributed by atoms with Crippen LogP contribution in [0.5, 0.6) is 0 Å². The van der Waals surface area contributed by atoms with Crippen LogP contribution >= 0.6 is 11.3 Å². The molecule has 1 aromatic carbocycles. The molecule has 2 rings (SSSR count). The molecule has 4 nitrogen and oxygen atoms in total. The number of nitrogens with one attached hydrogen (secondary N) is 1. The van der Waals surface area contributed by atoms with Crippen LogP contribution in [-0.2, 0) is 17.8 Å². The van der Waals surface area contributed by atoms with E-state index < -0.39 is 5.97 Å². The quantitative estimate of drug-likeness (QED) is 0.862. The van der Waals surface area contributed by atoms with Gasteiger partial charge < -0.3 is 10.4 Å². The van der Waals surface area contributed by atoms with Gasteiger partial charge in [0.25, 0.3) is 0 Å². The molecule has 2 N–H and O–H groups in total. The Morgan fingerprint density at radius 3 is 2.48 bits per heavy atom.